The summed E-state index contributed by atoms with van der Waals surface area (Å²) in [6, 6.07) is 8.53. The molecule has 0 aliphatic carbocycles. The first-order valence-corrected chi connectivity index (χ1v) is 7.30. The number of benzene rings is 1. The van der Waals surface area contributed by atoms with Crippen LogP contribution in [0.1, 0.15) is 25.3 Å². The number of amides is 1. The summed E-state index contributed by atoms with van der Waals surface area (Å²) >= 11 is 0. The highest BCUT2D eigenvalue weighted by molar-refractivity contribution is 5.82. The number of nitrogens with one attached hydrogen (secondary N) is 1. The van der Waals surface area contributed by atoms with E-state index >= 15 is 0 Å². The van der Waals surface area contributed by atoms with Gasteiger partial charge in [-0.15, -0.1) is 0 Å². The van der Waals surface area contributed by atoms with Crippen molar-refractivity contribution in [2.75, 3.05) is 25.1 Å². The van der Waals surface area contributed by atoms with Gasteiger partial charge in [0.15, 0.2) is 0 Å². The Morgan fingerprint density at radius 3 is 2.90 bits per heavy atom. The van der Waals surface area contributed by atoms with Crippen LogP contribution in [0.3, 0.4) is 0 Å². The van der Waals surface area contributed by atoms with E-state index in [1.54, 1.807) is 0 Å². The molecule has 1 atom stereocenters. The number of carbonyl (C=O) groups is 2. The predicted molar refractivity (Wildman–Crippen MR) is 81.2 cm³/mol. The summed E-state index contributed by atoms with van der Waals surface area (Å²) in [5.74, 6) is -0.255. The van der Waals surface area contributed by atoms with Crippen LogP contribution in [-0.2, 0) is 20.7 Å². The number of hydrogen-bond donors (Lipinski definition) is 1. The Kier molecular flexibility index (Phi) is 5.20. The van der Waals surface area contributed by atoms with E-state index in [9.17, 15) is 9.59 Å². The molecule has 0 radical (unpaired) electrons. The molecule has 1 aromatic rings. The highest BCUT2D eigenvalue weighted by Gasteiger charge is 2.26. The lowest BCUT2D eigenvalue weighted by Crippen LogP contribution is -2.40. The van der Waals surface area contributed by atoms with Gasteiger partial charge in [0.2, 0.25) is 5.91 Å². The van der Waals surface area contributed by atoms with E-state index < -0.39 is 0 Å². The minimum atomic E-state index is -0.244. The van der Waals surface area contributed by atoms with Crippen molar-refractivity contribution in [1.29, 1.82) is 0 Å². The molecule has 1 amide bonds. The summed E-state index contributed by atoms with van der Waals surface area (Å²) in [5, 5.41) is 2.85. The average Bonchev–Trinajstić information content (AvgIpc) is 2.79. The molecule has 114 valence electrons. The zero-order valence-corrected chi connectivity index (χ0v) is 12.6. The average molecular weight is 290 g/mol. The fourth-order valence-corrected chi connectivity index (χ4v) is 2.64. The molecule has 0 spiro atoms. The Hall–Kier alpha value is -2.04. The summed E-state index contributed by atoms with van der Waals surface area (Å²) in [6.45, 7) is 2.98. The van der Waals surface area contributed by atoms with Gasteiger partial charge in [-0.05, 0) is 31.4 Å². The van der Waals surface area contributed by atoms with Crippen LogP contribution in [0.5, 0.6) is 0 Å². The molecule has 0 aromatic heterocycles. The van der Waals surface area contributed by atoms with Crippen LogP contribution >= 0.6 is 0 Å². The van der Waals surface area contributed by atoms with Crippen LogP contribution < -0.4 is 10.2 Å². The molecule has 1 N–H and O–H groups in total. The van der Waals surface area contributed by atoms with Crippen LogP contribution in [0.15, 0.2) is 24.3 Å². The molecule has 0 bridgehead atoms. The number of fused-ring (bicyclic) bond motifs is 1. The number of rotatable bonds is 6. The van der Waals surface area contributed by atoms with E-state index in [1.165, 1.54) is 12.7 Å². The minimum absolute atomic E-state index is 0.0107. The zero-order valence-electron chi connectivity index (χ0n) is 12.6. The van der Waals surface area contributed by atoms with Gasteiger partial charge >= 0.3 is 5.97 Å². The lowest BCUT2D eigenvalue weighted by Gasteiger charge is -2.24. The molecular formula is C16H22N2O3. The molecule has 1 aromatic carbocycles. The Morgan fingerprint density at radius 2 is 2.14 bits per heavy atom. The second-order valence-corrected chi connectivity index (χ2v) is 5.34. The number of hydrogen-bond acceptors (Lipinski definition) is 4. The van der Waals surface area contributed by atoms with Gasteiger partial charge in [0.1, 0.15) is 0 Å². The number of ether oxygens (including phenoxy) is 1. The van der Waals surface area contributed by atoms with E-state index in [4.69, 9.17) is 0 Å². The second-order valence-electron chi connectivity index (χ2n) is 5.34. The third-order valence-corrected chi connectivity index (χ3v) is 3.77. The van der Waals surface area contributed by atoms with Gasteiger partial charge in [-0.25, -0.2) is 0 Å². The quantitative estimate of drug-likeness (QED) is 0.637. The zero-order chi connectivity index (χ0) is 15.2. The maximum Gasteiger partial charge on any atom is 0.305 e. The van der Waals surface area contributed by atoms with Crippen molar-refractivity contribution in [2.45, 2.75) is 32.2 Å². The van der Waals surface area contributed by atoms with Gasteiger partial charge in [-0.3, -0.25) is 9.59 Å². The highest BCUT2D eigenvalue weighted by atomic mass is 16.5. The van der Waals surface area contributed by atoms with Gasteiger partial charge in [0, 0.05) is 24.7 Å². The Bertz CT molecular complexity index is 516. The number of anilines is 1. The van der Waals surface area contributed by atoms with Crippen LogP contribution in [-0.4, -0.2) is 38.1 Å². The number of carbonyl (C=O) groups excluding carboxylic acids is 2. The number of esters is 1. The number of nitrogens with zero attached hydrogens (tertiary/aromatic N) is 1. The van der Waals surface area contributed by atoms with Gasteiger partial charge in [-0.2, -0.15) is 0 Å². The first kappa shape index (κ1) is 15.4. The fraction of sp³-hybridized carbons (Fsp3) is 0.500. The van der Waals surface area contributed by atoms with Crippen molar-refractivity contribution >= 4 is 17.6 Å². The molecule has 5 heteroatoms. The first-order chi connectivity index (χ1) is 10.1. The van der Waals surface area contributed by atoms with Gasteiger partial charge in [0.25, 0.3) is 0 Å². The monoisotopic (exact) mass is 290 g/mol. The van der Waals surface area contributed by atoms with Crippen molar-refractivity contribution < 1.29 is 14.3 Å². The maximum atomic E-state index is 12.0. The minimum Gasteiger partial charge on any atom is -0.469 e. The summed E-state index contributed by atoms with van der Waals surface area (Å²) < 4.78 is 4.56. The van der Waals surface area contributed by atoms with Crippen LogP contribution in [0.4, 0.5) is 5.69 Å². The Balaban J connectivity index is 1.79. The smallest absolute Gasteiger partial charge is 0.305 e. The molecule has 21 heavy (non-hydrogen) atoms. The van der Waals surface area contributed by atoms with E-state index in [0.29, 0.717) is 32.0 Å². The molecule has 0 saturated carbocycles. The second kappa shape index (κ2) is 7.11. The normalized spacial score (nSPS) is 16.5. The standard InChI is InChI=1S/C16H22N2O3/c1-12-10-13-6-3-4-7-14(13)18(12)11-15(19)17-9-5-8-16(20)21-2/h3-4,6-7,12H,5,8-11H2,1-2H3,(H,17,19)/t12-/m1/s1. The Labute approximate surface area is 125 Å². The van der Waals surface area contributed by atoms with Crippen LogP contribution in [0.2, 0.25) is 0 Å². The highest BCUT2D eigenvalue weighted by Crippen LogP contribution is 2.31. The topological polar surface area (TPSA) is 58.6 Å². The molecule has 2 rings (SSSR count). The predicted octanol–water partition coefficient (Wildman–Crippen LogP) is 1.51. The third-order valence-electron chi connectivity index (χ3n) is 3.77. The van der Waals surface area contributed by atoms with Gasteiger partial charge < -0.3 is 15.0 Å². The fourth-order valence-electron chi connectivity index (χ4n) is 2.64. The first-order valence-electron chi connectivity index (χ1n) is 7.30. The third kappa shape index (κ3) is 3.97. The van der Waals surface area contributed by atoms with Crippen LogP contribution in [0, 0.1) is 0 Å². The van der Waals surface area contributed by atoms with E-state index in [-0.39, 0.29) is 11.9 Å². The van der Waals surface area contributed by atoms with E-state index in [2.05, 4.69) is 34.0 Å². The summed E-state index contributed by atoms with van der Waals surface area (Å²) in [5.41, 5.74) is 2.44. The van der Waals surface area contributed by atoms with Crippen molar-refractivity contribution in [3.63, 3.8) is 0 Å². The molecule has 1 aliphatic rings. The SMILES string of the molecule is COC(=O)CCCNC(=O)CN1c2ccccc2C[C@H]1C. The van der Waals surface area contributed by atoms with E-state index in [1.807, 2.05) is 12.1 Å². The molecule has 5 nitrogen and oxygen atoms in total. The number of methoxy groups -OCH3 is 1. The van der Waals surface area contributed by atoms with Gasteiger partial charge in [0.05, 0.1) is 13.7 Å². The molecule has 1 heterocycles. The maximum absolute atomic E-state index is 12.0. The Morgan fingerprint density at radius 1 is 1.38 bits per heavy atom. The molecule has 0 saturated heterocycles. The van der Waals surface area contributed by atoms with Crippen molar-refractivity contribution in [3.8, 4) is 0 Å². The molecular weight excluding hydrogens is 268 g/mol. The molecule has 1 aliphatic heterocycles. The lowest BCUT2D eigenvalue weighted by atomic mass is 10.1. The molecule has 0 fully saturated rings. The van der Waals surface area contributed by atoms with Crippen molar-refractivity contribution in [2.24, 2.45) is 0 Å². The summed E-state index contributed by atoms with van der Waals surface area (Å²) in [6.07, 6.45) is 1.91. The van der Waals surface area contributed by atoms with E-state index in [0.717, 1.165) is 12.1 Å². The van der Waals surface area contributed by atoms with Crippen molar-refractivity contribution in [3.05, 3.63) is 29.8 Å². The van der Waals surface area contributed by atoms with Gasteiger partial charge in [-0.1, -0.05) is 18.2 Å². The largest absolute Gasteiger partial charge is 0.469 e. The molecule has 0 unspecified atom stereocenters. The summed E-state index contributed by atoms with van der Waals surface area (Å²) in [7, 11) is 1.37. The summed E-state index contributed by atoms with van der Waals surface area (Å²) in [4.78, 5) is 25.1. The van der Waals surface area contributed by atoms with Crippen LogP contribution in [0.25, 0.3) is 0 Å². The number of para-hydroxylation sites is 1. The lowest BCUT2D eigenvalue weighted by molar-refractivity contribution is -0.140. The van der Waals surface area contributed by atoms with Crippen molar-refractivity contribution in [1.82, 2.24) is 5.32 Å².